The molecule has 4 rings (SSSR count). The number of carbonyl (C=O) groups is 1. The molecular formula is C20H26N4O4S. The van der Waals surface area contributed by atoms with E-state index in [0.717, 1.165) is 24.0 Å². The van der Waals surface area contributed by atoms with Crippen LogP contribution in [0.2, 0.25) is 0 Å². The Morgan fingerprint density at radius 1 is 1.21 bits per heavy atom. The quantitative estimate of drug-likeness (QED) is 0.681. The van der Waals surface area contributed by atoms with Gasteiger partial charge in [0.2, 0.25) is 15.9 Å². The Kier molecular flexibility index (Phi) is 5.20. The molecule has 0 unspecified atom stereocenters. The molecule has 0 atom stereocenters. The van der Waals surface area contributed by atoms with Gasteiger partial charge in [0.25, 0.3) is 5.91 Å². The Morgan fingerprint density at radius 3 is 2.45 bits per heavy atom. The molecule has 0 spiro atoms. The monoisotopic (exact) mass is 418 g/mol. The van der Waals surface area contributed by atoms with Gasteiger partial charge in [0.15, 0.2) is 5.82 Å². The fraction of sp³-hybridized carbons (Fsp3) is 0.550. The number of hydrogen-bond donors (Lipinski definition) is 0. The third-order valence-electron chi connectivity index (χ3n) is 5.42. The number of nitrogens with zero attached hydrogens (tertiary/aromatic N) is 4. The van der Waals surface area contributed by atoms with Gasteiger partial charge in [0.1, 0.15) is 0 Å². The van der Waals surface area contributed by atoms with Gasteiger partial charge in [0, 0.05) is 37.5 Å². The molecular weight excluding hydrogens is 392 g/mol. The summed E-state index contributed by atoms with van der Waals surface area (Å²) >= 11 is 0. The number of aryl methyl sites for hydroxylation is 2. The molecule has 0 bridgehead atoms. The van der Waals surface area contributed by atoms with Gasteiger partial charge in [-0.1, -0.05) is 22.3 Å². The molecule has 2 aromatic rings. The van der Waals surface area contributed by atoms with Crippen molar-refractivity contribution in [1.82, 2.24) is 19.3 Å². The lowest BCUT2D eigenvalue weighted by Crippen LogP contribution is -2.62. The van der Waals surface area contributed by atoms with Crippen molar-refractivity contribution >= 4 is 15.9 Å². The average molecular weight is 419 g/mol. The van der Waals surface area contributed by atoms with Gasteiger partial charge in [0.05, 0.1) is 12.3 Å². The summed E-state index contributed by atoms with van der Waals surface area (Å²) in [4.78, 5) is 18.8. The zero-order valence-corrected chi connectivity index (χ0v) is 17.8. The molecule has 1 aromatic carbocycles. The van der Waals surface area contributed by atoms with E-state index >= 15 is 0 Å². The summed E-state index contributed by atoms with van der Waals surface area (Å²) < 4.78 is 31.3. The highest BCUT2D eigenvalue weighted by Crippen LogP contribution is 2.38. The smallest absolute Gasteiger partial charge is 0.253 e. The number of benzene rings is 1. The molecule has 1 saturated carbocycles. The number of rotatable bonds is 7. The minimum Gasteiger partial charge on any atom is -0.339 e. The second-order valence-corrected chi connectivity index (χ2v) is 10.1. The number of carbonyl (C=O) groups excluding carboxylic acids is 1. The van der Waals surface area contributed by atoms with Crippen LogP contribution in [0.1, 0.15) is 52.0 Å². The van der Waals surface area contributed by atoms with Crippen LogP contribution in [-0.4, -0.2) is 65.6 Å². The van der Waals surface area contributed by atoms with Crippen LogP contribution in [0.15, 0.2) is 22.7 Å². The standard InChI is InChI=1S/C20H26N4O4S/c1-13-8-14(2)10-16(9-13)20(25)23-11-17(12-23)24(29(3,26)27)7-6-18-21-19(28-22-18)15-4-5-15/h8-10,15,17H,4-7,11-12H2,1-3H3. The Morgan fingerprint density at radius 2 is 1.86 bits per heavy atom. The largest absolute Gasteiger partial charge is 0.339 e. The molecule has 2 aliphatic rings. The maximum Gasteiger partial charge on any atom is 0.253 e. The van der Waals surface area contributed by atoms with Crippen molar-refractivity contribution in [2.45, 2.75) is 45.1 Å². The highest BCUT2D eigenvalue weighted by atomic mass is 32.2. The number of likely N-dealkylation sites (tertiary alicyclic amines) is 1. The lowest BCUT2D eigenvalue weighted by Gasteiger charge is -2.44. The first kappa shape index (κ1) is 20.0. The first-order valence-corrected chi connectivity index (χ1v) is 11.7. The van der Waals surface area contributed by atoms with Crippen LogP contribution >= 0.6 is 0 Å². The van der Waals surface area contributed by atoms with Gasteiger partial charge in [-0.15, -0.1) is 0 Å². The maximum atomic E-state index is 12.7. The molecule has 0 radical (unpaired) electrons. The number of sulfonamides is 1. The zero-order valence-electron chi connectivity index (χ0n) is 17.0. The molecule has 2 heterocycles. The lowest BCUT2D eigenvalue weighted by atomic mass is 10.0. The Balaban J connectivity index is 1.38. The summed E-state index contributed by atoms with van der Waals surface area (Å²) in [6, 6.07) is 5.53. The summed E-state index contributed by atoms with van der Waals surface area (Å²) in [5.41, 5.74) is 2.72. The average Bonchev–Trinajstić information content (AvgIpc) is 3.33. The Bertz CT molecular complexity index is 1000. The second-order valence-electron chi connectivity index (χ2n) is 8.19. The fourth-order valence-electron chi connectivity index (χ4n) is 3.78. The van der Waals surface area contributed by atoms with E-state index in [1.54, 1.807) is 4.90 Å². The number of aromatic nitrogens is 2. The van der Waals surface area contributed by atoms with Crippen LogP contribution in [0, 0.1) is 13.8 Å². The minimum atomic E-state index is -3.41. The third-order valence-corrected chi connectivity index (χ3v) is 6.75. The molecule has 8 nitrogen and oxygen atoms in total. The van der Waals surface area contributed by atoms with E-state index in [1.807, 2.05) is 32.0 Å². The van der Waals surface area contributed by atoms with Crippen LogP contribution in [-0.2, 0) is 16.4 Å². The van der Waals surface area contributed by atoms with E-state index in [4.69, 9.17) is 4.52 Å². The predicted octanol–water partition coefficient (Wildman–Crippen LogP) is 1.89. The predicted molar refractivity (Wildman–Crippen MR) is 107 cm³/mol. The molecule has 1 saturated heterocycles. The highest BCUT2D eigenvalue weighted by Gasteiger charge is 2.39. The Hall–Kier alpha value is -2.26. The van der Waals surface area contributed by atoms with Crippen molar-refractivity contribution in [3.05, 3.63) is 46.6 Å². The summed E-state index contributed by atoms with van der Waals surface area (Å²) in [5, 5.41) is 3.96. The highest BCUT2D eigenvalue weighted by molar-refractivity contribution is 7.88. The molecule has 1 aromatic heterocycles. The third kappa shape index (κ3) is 4.51. The summed E-state index contributed by atoms with van der Waals surface area (Å²) in [5.74, 6) is 1.50. The van der Waals surface area contributed by atoms with Gasteiger partial charge in [-0.25, -0.2) is 8.42 Å². The van der Waals surface area contributed by atoms with Gasteiger partial charge in [-0.3, -0.25) is 4.79 Å². The van der Waals surface area contributed by atoms with Crippen molar-refractivity contribution in [2.75, 3.05) is 25.9 Å². The van der Waals surface area contributed by atoms with Crippen LogP contribution in [0.25, 0.3) is 0 Å². The van der Waals surface area contributed by atoms with E-state index in [1.165, 1.54) is 10.6 Å². The molecule has 9 heteroatoms. The number of amides is 1. The molecule has 1 aliphatic heterocycles. The Labute approximate surface area is 170 Å². The maximum absolute atomic E-state index is 12.7. The summed E-state index contributed by atoms with van der Waals surface area (Å²) in [6.07, 6.45) is 3.74. The van der Waals surface area contributed by atoms with Crippen LogP contribution < -0.4 is 0 Å². The van der Waals surface area contributed by atoms with Gasteiger partial charge in [-0.2, -0.15) is 9.29 Å². The first-order chi connectivity index (χ1) is 13.7. The van der Waals surface area contributed by atoms with E-state index in [2.05, 4.69) is 10.1 Å². The topological polar surface area (TPSA) is 96.6 Å². The molecule has 1 amide bonds. The number of hydrogen-bond acceptors (Lipinski definition) is 6. The SMILES string of the molecule is Cc1cc(C)cc(C(=O)N2CC(N(CCc3noc(C4CC4)n3)S(C)(=O)=O)C2)c1. The van der Waals surface area contributed by atoms with E-state index in [0.29, 0.717) is 42.7 Å². The first-order valence-electron chi connectivity index (χ1n) is 9.87. The van der Waals surface area contributed by atoms with Crippen molar-refractivity contribution in [2.24, 2.45) is 0 Å². The molecule has 156 valence electrons. The van der Waals surface area contributed by atoms with E-state index in [-0.39, 0.29) is 18.5 Å². The second kappa shape index (κ2) is 7.53. The van der Waals surface area contributed by atoms with Crippen molar-refractivity contribution in [3.63, 3.8) is 0 Å². The van der Waals surface area contributed by atoms with E-state index < -0.39 is 10.0 Å². The van der Waals surface area contributed by atoms with Crippen molar-refractivity contribution < 1.29 is 17.7 Å². The fourth-order valence-corrected chi connectivity index (χ4v) is 4.88. The molecule has 1 aliphatic carbocycles. The van der Waals surface area contributed by atoms with Crippen LogP contribution in [0.4, 0.5) is 0 Å². The lowest BCUT2D eigenvalue weighted by molar-refractivity contribution is 0.0454. The van der Waals surface area contributed by atoms with E-state index in [9.17, 15) is 13.2 Å². The minimum absolute atomic E-state index is 0.0613. The summed E-state index contributed by atoms with van der Waals surface area (Å²) in [7, 11) is -3.41. The van der Waals surface area contributed by atoms with Crippen molar-refractivity contribution in [3.8, 4) is 0 Å². The molecule has 0 N–H and O–H groups in total. The van der Waals surface area contributed by atoms with Crippen LogP contribution in [0.5, 0.6) is 0 Å². The molecule has 29 heavy (non-hydrogen) atoms. The van der Waals surface area contributed by atoms with Crippen molar-refractivity contribution in [1.29, 1.82) is 0 Å². The molecule has 2 fully saturated rings. The summed E-state index contributed by atoms with van der Waals surface area (Å²) in [6.45, 7) is 4.97. The van der Waals surface area contributed by atoms with Gasteiger partial charge >= 0.3 is 0 Å². The zero-order chi connectivity index (χ0) is 20.8. The van der Waals surface area contributed by atoms with Gasteiger partial charge < -0.3 is 9.42 Å². The van der Waals surface area contributed by atoms with Gasteiger partial charge in [-0.05, 0) is 38.8 Å². The van der Waals surface area contributed by atoms with Crippen LogP contribution in [0.3, 0.4) is 0 Å². The normalized spacial score (nSPS) is 17.6.